The summed E-state index contributed by atoms with van der Waals surface area (Å²) >= 11 is 0. The molecule has 0 bridgehead atoms. The number of carbonyl (C=O) groups excluding carboxylic acids is 1. The van der Waals surface area contributed by atoms with Gasteiger partial charge in [-0.15, -0.1) is 0 Å². The Morgan fingerprint density at radius 2 is 2.00 bits per heavy atom. The number of halogens is 2. The maximum Gasteiger partial charge on any atom is 0.230 e. The lowest BCUT2D eigenvalue weighted by Gasteiger charge is -2.37. The number of rotatable bonds is 4. The van der Waals surface area contributed by atoms with E-state index in [0.717, 1.165) is 12.1 Å². The molecule has 1 aliphatic heterocycles. The van der Waals surface area contributed by atoms with E-state index in [0.29, 0.717) is 31.6 Å². The number of carbonyl (C=O) groups is 1. The Labute approximate surface area is 122 Å². The first kappa shape index (κ1) is 15.9. The van der Waals surface area contributed by atoms with Crippen molar-refractivity contribution in [3.05, 3.63) is 35.4 Å². The summed E-state index contributed by atoms with van der Waals surface area (Å²) in [5.74, 6) is -1.87. The third-order valence-corrected chi connectivity index (χ3v) is 4.04. The highest BCUT2D eigenvalue weighted by Gasteiger charge is 2.40. The highest BCUT2D eigenvalue weighted by Crippen LogP contribution is 2.31. The van der Waals surface area contributed by atoms with E-state index >= 15 is 0 Å². The van der Waals surface area contributed by atoms with E-state index in [1.807, 2.05) is 0 Å². The van der Waals surface area contributed by atoms with Gasteiger partial charge in [-0.2, -0.15) is 0 Å². The fourth-order valence-electron chi connectivity index (χ4n) is 2.66. The third-order valence-electron chi connectivity index (χ3n) is 4.04. The Morgan fingerprint density at radius 3 is 2.57 bits per heavy atom. The minimum absolute atomic E-state index is 0.0713. The van der Waals surface area contributed by atoms with Gasteiger partial charge in [-0.1, -0.05) is 6.07 Å². The van der Waals surface area contributed by atoms with Crippen LogP contribution in [0.25, 0.3) is 0 Å². The van der Waals surface area contributed by atoms with Gasteiger partial charge in [0.2, 0.25) is 5.91 Å². The van der Waals surface area contributed by atoms with Crippen molar-refractivity contribution in [1.82, 2.24) is 4.90 Å². The molecule has 0 aromatic heterocycles. The van der Waals surface area contributed by atoms with Crippen LogP contribution in [0.4, 0.5) is 8.78 Å². The van der Waals surface area contributed by atoms with Crippen LogP contribution < -0.4 is 5.73 Å². The van der Waals surface area contributed by atoms with Gasteiger partial charge in [0.15, 0.2) is 11.6 Å². The molecule has 21 heavy (non-hydrogen) atoms. The first-order valence-corrected chi connectivity index (χ1v) is 6.96. The second-order valence-electron chi connectivity index (χ2n) is 5.51. The van der Waals surface area contributed by atoms with Gasteiger partial charge in [-0.25, -0.2) is 8.78 Å². The summed E-state index contributed by atoms with van der Waals surface area (Å²) in [5, 5.41) is 0. The monoisotopic (exact) mass is 298 g/mol. The summed E-state index contributed by atoms with van der Waals surface area (Å²) in [6, 6.07) is 3.65. The Balaban J connectivity index is 2.09. The van der Waals surface area contributed by atoms with E-state index in [4.69, 9.17) is 10.5 Å². The van der Waals surface area contributed by atoms with Gasteiger partial charge in [0.25, 0.3) is 0 Å². The molecule has 1 saturated heterocycles. The summed E-state index contributed by atoms with van der Waals surface area (Å²) in [4.78, 5) is 14.1. The molecule has 2 N–H and O–H groups in total. The van der Waals surface area contributed by atoms with E-state index in [2.05, 4.69) is 0 Å². The van der Waals surface area contributed by atoms with Crippen molar-refractivity contribution in [3.63, 3.8) is 0 Å². The summed E-state index contributed by atoms with van der Waals surface area (Å²) in [6.07, 6.45) is 1.18. The van der Waals surface area contributed by atoms with Crippen molar-refractivity contribution in [2.24, 2.45) is 11.1 Å². The fraction of sp³-hybridized carbons (Fsp3) is 0.533. The summed E-state index contributed by atoms with van der Waals surface area (Å²) in [6.45, 7) is 1.51. The molecule has 6 heteroatoms. The third kappa shape index (κ3) is 3.39. The van der Waals surface area contributed by atoms with Gasteiger partial charge in [0.05, 0.1) is 5.41 Å². The molecule has 1 amide bonds. The van der Waals surface area contributed by atoms with Crippen molar-refractivity contribution in [2.45, 2.75) is 19.4 Å². The molecule has 1 aromatic carbocycles. The molecule has 4 nitrogen and oxygen atoms in total. The number of ether oxygens (including phenoxy) is 1. The molecule has 0 unspecified atom stereocenters. The van der Waals surface area contributed by atoms with Crippen LogP contribution in [-0.4, -0.2) is 37.6 Å². The van der Waals surface area contributed by atoms with Gasteiger partial charge >= 0.3 is 0 Å². The average Bonchev–Trinajstić information content (AvgIpc) is 2.50. The summed E-state index contributed by atoms with van der Waals surface area (Å²) in [5.41, 5.74) is 5.74. The lowest BCUT2D eigenvalue weighted by atomic mass is 9.79. The molecule has 116 valence electrons. The quantitative estimate of drug-likeness (QED) is 0.920. The predicted molar refractivity (Wildman–Crippen MR) is 74.4 cm³/mol. The molecule has 1 aliphatic rings. The van der Waals surface area contributed by atoms with E-state index < -0.39 is 17.0 Å². The first-order valence-electron chi connectivity index (χ1n) is 6.96. The van der Waals surface area contributed by atoms with E-state index in [-0.39, 0.29) is 19.0 Å². The molecule has 1 heterocycles. The predicted octanol–water partition coefficient (Wildman–Crippen LogP) is 1.68. The van der Waals surface area contributed by atoms with Gasteiger partial charge in [-0.3, -0.25) is 4.79 Å². The minimum Gasteiger partial charge on any atom is -0.381 e. The van der Waals surface area contributed by atoms with Crippen LogP contribution in [0.2, 0.25) is 0 Å². The number of benzene rings is 1. The molecular weight excluding hydrogens is 278 g/mol. The van der Waals surface area contributed by atoms with E-state index in [9.17, 15) is 13.6 Å². The summed E-state index contributed by atoms with van der Waals surface area (Å²) in [7, 11) is 1.65. The number of hydrogen-bond donors (Lipinski definition) is 1. The van der Waals surface area contributed by atoms with Crippen LogP contribution in [0.5, 0.6) is 0 Å². The molecule has 0 aliphatic carbocycles. The van der Waals surface area contributed by atoms with Crippen molar-refractivity contribution in [1.29, 1.82) is 0 Å². The topological polar surface area (TPSA) is 55.6 Å². The molecule has 0 atom stereocenters. The average molecular weight is 298 g/mol. The smallest absolute Gasteiger partial charge is 0.230 e. The Bertz CT molecular complexity index is 516. The Kier molecular flexibility index (Phi) is 4.90. The lowest BCUT2D eigenvalue weighted by molar-refractivity contribution is -0.146. The standard InChI is InChI=1S/C15H20F2N2O2/c1-19(9-11-2-3-12(16)13(17)8-11)14(20)15(10-18)4-6-21-7-5-15/h2-3,8H,4-7,9-10,18H2,1H3. The van der Waals surface area contributed by atoms with Gasteiger partial charge < -0.3 is 15.4 Å². The Morgan fingerprint density at radius 1 is 1.33 bits per heavy atom. The zero-order valence-corrected chi connectivity index (χ0v) is 12.1. The Hall–Kier alpha value is -1.53. The zero-order valence-electron chi connectivity index (χ0n) is 12.1. The van der Waals surface area contributed by atoms with E-state index in [1.165, 1.54) is 11.0 Å². The fourth-order valence-corrected chi connectivity index (χ4v) is 2.66. The molecule has 1 fully saturated rings. The van der Waals surface area contributed by atoms with Crippen LogP contribution in [0.3, 0.4) is 0 Å². The van der Waals surface area contributed by atoms with Crippen LogP contribution in [0.1, 0.15) is 18.4 Å². The number of nitrogens with two attached hydrogens (primary N) is 1. The molecule has 0 spiro atoms. The van der Waals surface area contributed by atoms with Crippen molar-refractivity contribution in [2.75, 3.05) is 26.8 Å². The highest BCUT2D eigenvalue weighted by atomic mass is 19.2. The summed E-state index contributed by atoms with van der Waals surface area (Å²) < 4.78 is 31.4. The molecule has 0 saturated carbocycles. The van der Waals surface area contributed by atoms with Crippen LogP contribution in [-0.2, 0) is 16.1 Å². The second kappa shape index (κ2) is 6.49. The molecule has 1 aromatic rings. The number of hydrogen-bond acceptors (Lipinski definition) is 3. The molecular formula is C15H20F2N2O2. The molecule has 2 rings (SSSR count). The number of amides is 1. The zero-order chi connectivity index (χ0) is 15.5. The van der Waals surface area contributed by atoms with Crippen LogP contribution in [0, 0.1) is 17.0 Å². The maximum atomic E-state index is 13.2. The highest BCUT2D eigenvalue weighted by molar-refractivity contribution is 5.83. The lowest BCUT2D eigenvalue weighted by Crippen LogP contribution is -2.49. The number of nitrogens with zero attached hydrogens (tertiary/aromatic N) is 1. The van der Waals surface area contributed by atoms with Gasteiger partial charge in [-0.05, 0) is 30.5 Å². The first-order chi connectivity index (χ1) is 9.98. The second-order valence-corrected chi connectivity index (χ2v) is 5.51. The minimum atomic E-state index is -0.909. The normalized spacial score (nSPS) is 17.5. The van der Waals surface area contributed by atoms with E-state index in [1.54, 1.807) is 7.05 Å². The van der Waals surface area contributed by atoms with Crippen LogP contribution >= 0.6 is 0 Å². The van der Waals surface area contributed by atoms with Crippen LogP contribution in [0.15, 0.2) is 18.2 Å². The molecule has 0 radical (unpaired) electrons. The van der Waals surface area contributed by atoms with Crippen molar-refractivity contribution < 1.29 is 18.3 Å². The van der Waals surface area contributed by atoms with Crippen molar-refractivity contribution >= 4 is 5.91 Å². The van der Waals surface area contributed by atoms with Crippen molar-refractivity contribution in [3.8, 4) is 0 Å². The SMILES string of the molecule is CN(Cc1ccc(F)c(F)c1)C(=O)C1(CN)CCOCC1. The largest absolute Gasteiger partial charge is 0.381 e. The maximum absolute atomic E-state index is 13.2. The van der Waals surface area contributed by atoms with Gasteiger partial charge in [0, 0.05) is 33.4 Å². The van der Waals surface area contributed by atoms with Gasteiger partial charge in [0.1, 0.15) is 0 Å².